The molecule has 1 amide bonds. The molecule has 0 bridgehead atoms. The molecular weight excluding hydrogens is 292 g/mol. The van der Waals surface area contributed by atoms with E-state index >= 15 is 0 Å². The molecular formula is C14H18N2O4S. The second-order valence-electron chi connectivity index (χ2n) is 5.86. The van der Waals surface area contributed by atoms with Crippen LogP contribution < -0.4 is 5.14 Å². The lowest BCUT2D eigenvalue weighted by Gasteiger charge is -2.28. The molecule has 1 unspecified atom stereocenters. The monoisotopic (exact) mass is 310 g/mol. The first kappa shape index (κ1) is 14.5. The zero-order valence-corrected chi connectivity index (χ0v) is 12.3. The SMILES string of the molecule is NS(=O)(=O)CC1CC(=O)N([C@@H]2c3ccccc3C[C@@H]2O)C1. The van der Waals surface area contributed by atoms with E-state index in [4.69, 9.17) is 5.14 Å². The zero-order chi connectivity index (χ0) is 15.2. The van der Waals surface area contributed by atoms with Gasteiger partial charge in [-0.1, -0.05) is 24.3 Å². The molecule has 0 aromatic heterocycles. The topological polar surface area (TPSA) is 101 Å². The molecule has 114 valence electrons. The molecule has 1 aliphatic carbocycles. The van der Waals surface area contributed by atoms with Crippen molar-refractivity contribution in [1.82, 2.24) is 4.90 Å². The number of amides is 1. The highest BCUT2D eigenvalue weighted by Gasteiger charge is 2.42. The van der Waals surface area contributed by atoms with Gasteiger partial charge in [0.25, 0.3) is 0 Å². The van der Waals surface area contributed by atoms with E-state index in [9.17, 15) is 18.3 Å². The van der Waals surface area contributed by atoms with Crippen LogP contribution in [0.5, 0.6) is 0 Å². The number of primary sulfonamides is 1. The van der Waals surface area contributed by atoms with E-state index in [1.165, 1.54) is 0 Å². The van der Waals surface area contributed by atoms with Gasteiger partial charge in [0.05, 0.1) is 17.9 Å². The van der Waals surface area contributed by atoms with Crippen molar-refractivity contribution in [1.29, 1.82) is 0 Å². The Hall–Kier alpha value is -1.44. The van der Waals surface area contributed by atoms with Crippen molar-refractivity contribution in [2.45, 2.75) is 25.0 Å². The number of hydrogen-bond donors (Lipinski definition) is 2. The van der Waals surface area contributed by atoms with Crippen LogP contribution in [0.15, 0.2) is 24.3 Å². The number of nitrogens with two attached hydrogens (primary N) is 1. The van der Waals surface area contributed by atoms with Crippen LogP contribution in [0, 0.1) is 5.92 Å². The predicted octanol–water partition coefficient (Wildman–Crippen LogP) is -0.218. The maximum Gasteiger partial charge on any atom is 0.223 e. The summed E-state index contributed by atoms with van der Waals surface area (Å²) in [5.41, 5.74) is 1.99. The lowest BCUT2D eigenvalue weighted by Crippen LogP contribution is -2.36. The summed E-state index contributed by atoms with van der Waals surface area (Å²) < 4.78 is 22.4. The van der Waals surface area contributed by atoms with E-state index in [-0.39, 0.29) is 30.0 Å². The van der Waals surface area contributed by atoms with Crippen LogP contribution in [0.3, 0.4) is 0 Å². The zero-order valence-electron chi connectivity index (χ0n) is 11.5. The van der Waals surface area contributed by atoms with Crippen LogP contribution in [0.25, 0.3) is 0 Å². The van der Waals surface area contributed by atoms with Crippen LogP contribution in [0.4, 0.5) is 0 Å². The fourth-order valence-corrected chi connectivity index (χ4v) is 4.33. The first-order valence-electron chi connectivity index (χ1n) is 6.91. The van der Waals surface area contributed by atoms with Gasteiger partial charge in [-0.05, 0) is 11.1 Å². The summed E-state index contributed by atoms with van der Waals surface area (Å²) >= 11 is 0. The number of hydrogen-bond acceptors (Lipinski definition) is 4. The number of nitrogens with zero attached hydrogens (tertiary/aromatic N) is 1. The number of carbonyl (C=O) groups is 1. The van der Waals surface area contributed by atoms with Crippen molar-refractivity contribution in [2.24, 2.45) is 11.1 Å². The largest absolute Gasteiger partial charge is 0.390 e. The lowest BCUT2D eigenvalue weighted by atomic mass is 10.1. The van der Waals surface area contributed by atoms with Crippen LogP contribution >= 0.6 is 0 Å². The smallest absolute Gasteiger partial charge is 0.223 e. The number of likely N-dealkylation sites (tertiary alicyclic amines) is 1. The quantitative estimate of drug-likeness (QED) is 0.806. The molecule has 1 fully saturated rings. The van der Waals surface area contributed by atoms with E-state index in [2.05, 4.69) is 0 Å². The van der Waals surface area contributed by atoms with Gasteiger partial charge in [-0.2, -0.15) is 0 Å². The Morgan fingerprint density at radius 1 is 1.29 bits per heavy atom. The average Bonchev–Trinajstić information content (AvgIpc) is 2.86. The van der Waals surface area contributed by atoms with Crippen LogP contribution in [0.1, 0.15) is 23.6 Å². The minimum absolute atomic E-state index is 0.121. The fourth-order valence-electron chi connectivity index (χ4n) is 3.45. The molecule has 3 N–H and O–H groups in total. The second kappa shape index (κ2) is 5.08. The van der Waals surface area contributed by atoms with Crippen LogP contribution in [-0.2, 0) is 21.2 Å². The van der Waals surface area contributed by atoms with E-state index < -0.39 is 16.1 Å². The van der Waals surface area contributed by atoms with Crippen molar-refractivity contribution < 1.29 is 18.3 Å². The molecule has 1 saturated heterocycles. The molecule has 0 saturated carbocycles. The highest BCUT2D eigenvalue weighted by Crippen LogP contribution is 2.39. The second-order valence-corrected chi connectivity index (χ2v) is 7.52. The van der Waals surface area contributed by atoms with Gasteiger partial charge in [-0.15, -0.1) is 0 Å². The maximum absolute atomic E-state index is 12.2. The number of sulfonamides is 1. The average molecular weight is 310 g/mol. The Balaban J connectivity index is 1.83. The van der Waals surface area contributed by atoms with Crippen molar-refractivity contribution >= 4 is 15.9 Å². The summed E-state index contributed by atoms with van der Waals surface area (Å²) in [7, 11) is -3.59. The minimum atomic E-state index is -3.59. The molecule has 3 atom stereocenters. The van der Waals surface area contributed by atoms with Crippen molar-refractivity contribution in [3.63, 3.8) is 0 Å². The van der Waals surface area contributed by atoms with Gasteiger partial charge < -0.3 is 10.0 Å². The Morgan fingerprint density at radius 3 is 2.71 bits per heavy atom. The summed E-state index contributed by atoms with van der Waals surface area (Å²) in [4.78, 5) is 13.8. The highest BCUT2D eigenvalue weighted by molar-refractivity contribution is 7.89. The molecule has 21 heavy (non-hydrogen) atoms. The first-order chi connectivity index (χ1) is 9.85. The van der Waals surface area contributed by atoms with Crippen molar-refractivity contribution in [3.8, 4) is 0 Å². The Morgan fingerprint density at radius 2 is 2.00 bits per heavy atom. The van der Waals surface area contributed by atoms with Crippen LogP contribution in [0.2, 0.25) is 0 Å². The number of aliphatic hydroxyl groups excluding tert-OH is 1. The van der Waals surface area contributed by atoms with Crippen molar-refractivity contribution in [2.75, 3.05) is 12.3 Å². The molecule has 1 aromatic rings. The minimum Gasteiger partial charge on any atom is -0.390 e. The molecule has 1 heterocycles. The van der Waals surface area contributed by atoms with Gasteiger partial charge in [-0.3, -0.25) is 4.79 Å². The highest BCUT2D eigenvalue weighted by atomic mass is 32.2. The van der Waals surface area contributed by atoms with Gasteiger partial charge >= 0.3 is 0 Å². The number of rotatable bonds is 3. The van der Waals surface area contributed by atoms with Gasteiger partial charge in [0, 0.05) is 25.3 Å². The molecule has 1 aliphatic heterocycles. The molecule has 1 aromatic carbocycles. The third-order valence-electron chi connectivity index (χ3n) is 4.21. The van der Waals surface area contributed by atoms with E-state index in [1.807, 2.05) is 24.3 Å². The third-order valence-corrected chi connectivity index (χ3v) is 5.15. The Kier molecular flexibility index (Phi) is 3.51. The fraction of sp³-hybridized carbons (Fsp3) is 0.500. The number of fused-ring (bicyclic) bond motifs is 1. The Bertz CT molecular complexity index is 673. The maximum atomic E-state index is 12.2. The standard InChI is InChI=1S/C14H18N2O4S/c15-21(19,20)8-9-5-13(18)16(7-9)14-11-4-2-1-3-10(11)6-12(14)17/h1-4,9,12,14,17H,5-8H2,(H2,15,19,20)/t9?,12-,14+/m0/s1. The van der Waals surface area contributed by atoms with Crippen molar-refractivity contribution in [3.05, 3.63) is 35.4 Å². The summed E-state index contributed by atoms with van der Waals surface area (Å²) in [6.07, 6.45) is 0.0475. The van der Waals surface area contributed by atoms with Gasteiger partial charge in [0.1, 0.15) is 0 Å². The summed E-state index contributed by atoms with van der Waals surface area (Å²) in [6.45, 7) is 0.325. The van der Waals surface area contributed by atoms with Gasteiger partial charge in [-0.25, -0.2) is 13.6 Å². The molecule has 7 heteroatoms. The van der Waals surface area contributed by atoms with Gasteiger partial charge in [0.15, 0.2) is 0 Å². The lowest BCUT2D eigenvalue weighted by molar-refractivity contribution is -0.131. The number of carbonyl (C=O) groups excluding carboxylic acids is 1. The van der Waals surface area contributed by atoms with E-state index in [0.29, 0.717) is 13.0 Å². The first-order valence-corrected chi connectivity index (χ1v) is 8.62. The summed E-state index contributed by atoms with van der Waals surface area (Å²) in [6, 6.07) is 7.27. The van der Waals surface area contributed by atoms with E-state index in [0.717, 1.165) is 11.1 Å². The Labute approximate surface area is 123 Å². The molecule has 3 rings (SSSR count). The number of aliphatic hydroxyl groups is 1. The molecule has 0 radical (unpaired) electrons. The normalized spacial score (nSPS) is 29.0. The molecule has 2 aliphatic rings. The predicted molar refractivity (Wildman–Crippen MR) is 76.7 cm³/mol. The van der Waals surface area contributed by atoms with Gasteiger partial charge in [0.2, 0.25) is 15.9 Å². The van der Waals surface area contributed by atoms with Crippen LogP contribution in [-0.4, -0.2) is 42.7 Å². The molecule has 0 spiro atoms. The molecule has 6 nitrogen and oxygen atoms in total. The van der Waals surface area contributed by atoms with E-state index in [1.54, 1.807) is 4.90 Å². The summed E-state index contributed by atoms with van der Waals surface area (Å²) in [5.74, 6) is -0.614. The summed E-state index contributed by atoms with van der Waals surface area (Å²) in [5, 5.41) is 15.3. The number of benzene rings is 1. The third kappa shape index (κ3) is 2.81.